The summed E-state index contributed by atoms with van der Waals surface area (Å²) in [5, 5.41) is 1.15. The minimum atomic E-state index is -0.427. The maximum atomic E-state index is 13.2. The third kappa shape index (κ3) is 2.17. The van der Waals surface area contributed by atoms with Crippen molar-refractivity contribution in [3.63, 3.8) is 0 Å². The molecular formula is C21H19N3O2. The second-order valence-corrected chi connectivity index (χ2v) is 7.13. The number of hydrogen-bond acceptors (Lipinski definition) is 2. The maximum absolute atomic E-state index is 13.2. The number of H-pyrrole nitrogens is 1. The Hall–Kier alpha value is -3.08. The van der Waals surface area contributed by atoms with Crippen LogP contribution in [-0.2, 0) is 22.6 Å². The van der Waals surface area contributed by atoms with E-state index in [0.717, 1.165) is 33.4 Å². The number of nitrogens with zero attached hydrogens (tertiary/aromatic N) is 2. The van der Waals surface area contributed by atoms with E-state index in [1.165, 1.54) is 0 Å². The van der Waals surface area contributed by atoms with Crippen LogP contribution in [0.3, 0.4) is 0 Å². The summed E-state index contributed by atoms with van der Waals surface area (Å²) in [5.41, 5.74) is 5.19. The third-order valence-corrected chi connectivity index (χ3v) is 5.51. The number of nitrogens with one attached hydrogen (secondary N) is 1. The van der Waals surface area contributed by atoms with Gasteiger partial charge in [-0.1, -0.05) is 35.9 Å². The summed E-state index contributed by atoms with van der Waals surface area (Å²) in [4.78, 5) is 32.7. The number of fused-ring (bicyclic) bond motifs is 4. The lowest BCUT2D eigenvalue weighted by Crippen LogP contribution is -2.61. The van der Waals surface area contributed by atoms with Crippen molar-refractivity contribution in [1.29, 1.82) is 0 Å². The van der Waals surface area contributed by atoms with E-state index < -0.39 is 6.04 Å². The van der Waals surface area contributed by atoms with Crippen molar-refractivity contribution in [2.45, 2.75) is 25.9 Å². The number of amides is 2. The smallest absolute Gasteiger partial charge is 0.250 e. The summed E-state index contributed by atoms with van der Waals surface area (Å²) < 4.78 is 0. The molecule has 2 aliphatic rings. The fraction of sp³-hybridized carbons (Fsp3) is 0.238. The fourth-order valence-corrected chi connectivity index (χ4v) is 4.12. The number of piperazine rings is 1. The molecule has 2 amide bonds. The number of carbonyl (C=O) groups is 2. The molecule has 0 spiro atoms. The largest absolute Gasteiger partial charge is 0.357 e. The van der Waals surface area contributed by atoms with Gasteiger partial charge in [-0.15, -0.1) is 0 Å². The normalized spacial score (nSPS) is 19.7. The zero-order valence-corrected chi connectivity index (χ0v) is 14.5. The van der Waals surface area contributed by atoms with E-state index in [1.54, 1.807) is 9.80 Å². The van der Waals surface area contributed by atoms with Gasteiger partial charge >= 0.3 is 0 Å². The summed E-state index contributed by atoms with van der Waals surface area (Å²) in [6, 6.07) is 15.5. The van der Waals surface area contributed by atoms with Crippen molar-refractivity contribution in [2.24, 2.45) is 0 Å². The van der Waals surface area contributed by atoms with E-state index in [4.69, 9.17) is 0 Å². The maximum Gasteiger partial charge on any atom is 0.250 e. The molecule has 0 radical (unpaired) electrons. The van der Waals surface area contributed by atoms with Crippen LogP contribution in [0.25, 0.3) is 10.9 Å². The Morgan fingerprint density at radius 2 is 1.77 bits per heavy atom. The number of aromatic nitrogens is 1. The van der Waals surface area contributed by atoms with E-state index in [-0.39, 0.29) is 18.4 Å². The zero-order chi connectivity index (χ0) is 17.8. The summed E-state index contributed by atoms with van der Waals surface area (Å²) in [7, 11) is 0. The van der Waals surface area contributed by atoms with Gasteiger partial charge in [-0.25, -0.2) is 0 Å². The minimum Gasteiger partial charge on any atom is -0.357 e. The van der Waals surface area contributed by atoms with Crippen LogP contribution in [0.2, 0.25) is 0 Å². The molecule has 26 heavy (non-hydrogen) atoms. The second-order valence-electron chi connectivity index (χ2n) is 7.13. The number of rotatable bonds is 1. The molecule has 1 N–H and O–H groups in total. The highest BCUT2D eigenvalue weighted by atomic mass is 16.2. The first-order valence-electron chi connectivity index (χ1n) is 8.88. The first kappa shape index (κ1) is 15.2. The Bertz CT molecular complexity index is 1040. The quantitative estimate of drug-likeness (QED) is 0.737. The third-order valence-electron chi connectivity index (χ3n) is 5.51. The van der Waals surface area contributed by atoms with Crippen LogP contribution in [0.15, 0.2) is 48.5 Å². The molecule has 1 atom stereocenters. The first-order valence-corrected chi connectivity index (χ1v) is 8.88. The average molecular weight is 345 g/mol. The molecule has 3 aromatic rings. The second kappa shape index (κ2) is 5.46. The van der Waals surface area contributed by atoms with Crippen LogP contribution >= 0.6 is 0 Å². The van der Waals surface area contributed by atoms with Gasteiger partial charge in [0.05, 0.1) is 6.54 Å². The molecule has 1 aromatic heterocycles. The molecule has 2 aromatic carbocycles. The summed E-state index contributed by atoms with van der Waals surface area (Å²) >= 11 is 0. The fourth-order valence-electron chi connectivity index (χ4n) is 4.12. The van der Waals surface area contributed by atoms with Gasteiger partial charge in [0.2, 0.25) is 5.91 Å². The van der Waals surface area contributed by atoms with Crippen LogP contribution in [0, 0.1) is 6.92 Å². The van der Waals surface area contributed by atoms with Gasteiger partial charge in [-0.3, -0.25) is 9.59 Å². The van der Waals surface area contributed by atoms with Gasteiger partial charge in [0, 0.05) is 28.7 Å². The number of aromatic amines is 1. The SMILES string of the molecule is Cc1ccc(N2CC(=O)N3Cc4[nH]c5ccccc5c4CC3C2=O)cc1. The Kier molecular flexibility index (Phi) is 3.19. The summed E-state index contributed by atoms with van der Waals surface area (Å²) in [6.07, 6.45) is 0.562. The van der Waals surface area contributed by atoms with Gasteiger partial charge < -0.3 is 14.8 Å². The number of para-hydroxylation sites is 1. The highest BCUT2D eigenvalue weighted by molar-refractivity contribution is 6.07. The molecule has 2 aliphatic heterocycles. The van der Waals surface area contributed by atoms with Crippen molar-refractivity contribution in [1.82, 2.24) is 9.88 Å². The first-order chi connectivity index (χ1) is 12.6. The van der Waals surface area contributed by atoms with Crippen molar-refractivity contribution in [3.8, 4) is 0 Å². The van der Waals surface area contributed by atoms with Crippen LogP contribution in [0.4, 0.5) is 5.69 Å². The van der Waals surface area contributed by atoms with E-state index in [9.17, 15) is 9.59 Å². The number of benzene rings is 2. The molecule has 1 fully saturated rings. The lowest BCUT2D eigenvalue weighted by atomic mass is 9.93. The molecule has 5 heteroatoms. The van der Waals surface area contributed by atoms with Gasteiger partial charge in [0.25, 0.3) is 5.91 Å². The molecule has 0 bridgehead atoms. The molecule has 5 nitrogen and oxygen atoms in total. The molecule has 130 valence electrons. The standard InChI is InChI=1S/C21H19N3O2/c1-13-6-8-14(9-7-13)23-12-20(25)24-11-18-16(10-19(24)21(23)26)15-4-2-3-5-17(15)22-18/h2-9,19,22H,10-12H2,1H3. The minimum absolute atomic E-state index is 0.000480. The van der Waals surface area contributed by atoms with E-state index in [2.05, 4.69) is 11.1 Å². The van der Waals surface area contributed by atoms with Crippen molar-refractivity contribution in [2.75, 3.05) is 11.4 Å². The topological polar surface area (TPSA) is 56.4 Å². The predicted molar refractivity (Wildman–Crippen MR) is 99.9 cm³/mol. The zero-order valence-electron chi connectivity index (χ0n) is 14.5. The highest BCUT2D eigenvalue weighted by Gasteiger charge is 2.43. The van der Waals surface area contributed by atoms with Crippen LogP contribution in [-0.4, -0.2) is 34.3 Å². The van der Waals surface area contributed by atoms with Crippen LogP contribution in [0.5, 0.6) is 0 Å². The molecular weight excluding hydrogens is 326 g/mol. The number of aryl methyl sites for hydroxylation is 1. The van der Waals surface area contributed by atoms with Gasteiger partial charge in [0.15, 0.2) is 0 Å². The van der Waals surface area contributed by atoms with Crippen molar-refractivity contribution < 1.29 is 9.59 Å². The van der Waals surface area contributed by atoms with Crippen LogP contribution in [0.1, 0.15) is 16.8 Å². The van der Waals surface area contributed by atoms with Gasteiger partial charge in [0.1, 0.15) is 12.6 Å². The van der Waals surface area contributed by atoms with Gasteiger partial charge in [-0.05, 0) is 30.7 Å². The number of hydrogen-bond donors (Lipinski definition) is 1. The van der Waals surface area contributed by atoms with Gasteiger partial charge in [-0.2, -0.15) is 0 Å². The molecule has 0 aliphatic carbocycles. The van der Waals surface area contributed by atoms with Crippen LogP contribution < -0.4 is 4.90 Å². The lowest BCUT2D eigenvalue weighted by Gasteiger charge is -2.42. The van der Waals surface area contributed by atoms with E-state index in [1.807, 2.05) is 49.4 Å². The van der Waals surface area contributed by atoms with E-state index in [0.29, 0.717) is 13.0 Å². The average Bonchev–Trinajstić information content (AvgIpc) is 3.02. The van der Waals surface area contributed by atoms with Crippen molar-refractivity contribution >= 4 is 28.4 Å². The predicted octanol–water partition coefficient (Wildman–Crippen LogP) is 2.78. The van der Waals surface area contributed by atoms with E-state index >= 15 is 0 Å². The Morgan fingerprint density at radius 1 is 1.00 bits per heavy atom. The Labute approximate surface area is 151 Å². The Morgan fingerprint density at radius 3 is 2.58 bits per heavy atom. The molecule has 1 saturated heterocycles. The monoisotopic (exact) mass is 345 g/mol. The number of anilines is 1. The molecule has 0 saturated carbocycles. The molecule has 5 rings (SSSR count). The molecule has 1 unspecified atom stereocenters. The summed E-state index contributed by atoms with van der Waals surface area (Å²) in [6.45, 7) is 2.59. The lowest BCUT2D eigenvalue weighted by molar-refractivity contribution is -0.144. The highest BCUT2D eigenvalue weighted by Crippen LogP contribution is 2.33. The number of carbonyl (C=O) groups excluding carboxylic acids is 2. The summed E-state index contributed by atoms with van der Waals surface area (Å²) in [5.74, 6) is 0.00358. The van der Waals surface area contributed by atoms with Crippen molar-refractivity contribution in [3.05, 3.63) is 65.4 Å². The Balaban J connectivity index is 1.54. The molecule has 3 heterocycles.